The lowest BCUT2D eigenvalue weighted by atomic mass is 9.99. The minimum atomic E-state index is -0.519. The maximum atomic E-state index is 9.71. The van der Waals surface area contributed by atoms with E-state index in [0.717, 1.165) is 26.6 Å². The molecule has 1 N–H and O–H groups in total. The molecule has 20 heavy (non-hydrogen) atoms. The van der Waals surface area contributed by atoms with Crippen LogP contribution in [0.1, 0.15) is 24.2 Å². The summed E-state index contributed by atoms with van der Waals surface area (Å²) in [5.74, 6) is 0. The first-order valence-electron chi connectivity index (χ1n) is 6.52. The minimum Gasteiger partial charge on any atom is -0.464 e. The van der Waals surface area contributed by atoms with E-state index in [9.17, 15) is 5.11 Å². The predicted molar refractivity (Wildman–Crippen MR) is 84.7 cm³/mol. The van der Waals surface area contributed by atoms with Crippen molar-refractivity contribution in [3.05, 3.63) is 58.3 Å². The minimum absolute atomic E-state index is 0.519. The van der Waals surface area contributed by atoms with Crippen molar-refractivity contribution < 1.29 is 9.52 Å². The van der Waals surface area contributed by atoms with Crippen molar-refractivity contribution in [3.8, 4) is 11.1 Å². The quantitative estimate of drug-likeness (QED) is 0.698. The predicted octanol–water partition coefficient (Wildman–Crippen LogP) is 5.22. The van der Waals surface area contributed by atoms with E-state index >= 15 is 0 Å². The van der Waals surface area contributed by atoms with Gasteiger partial charge in [-0.05, 0) is 42.7 Å². The molecule has 1 heterocycles. The molecule has 0 saturated heterocycles. The fourth-order valence-corrected chi connectivity index (χ4v) is 2.83. The van der Waals surface area contributed by atoms with Crippen LogP contribution >= 0.6 is 15.9 Å². The van der Waals surface area contributed by atoms with Gasteiger partial charge in [0, 0.05) is 15.4 Å². The molecule has 2 aromatic carbocycles. The third-order valence-corrected chi connectivity index (χ3v) is 4.49. The van der Waals surface area contributed by atoms with Gasteiger partial charge in [-0.3, -0.25) is 0 Å². The Morgan fingerprint density at radius 2 is 2.00 bits per heavy atom. The summed E-state index contributed by atoms with van der Waals surface area (Å²) in [5.41, 5.74) is 5.13. The van der Waals surface area contributed by atoms with Crippen molar-refractivity contribution in [1.82, 2.24) is 0 Å². The molecule has 3 heteroatoms. The zero-order chi connectivity index (χ0) is 14.3. The second-order valence-electron chi connectivity index (χ2n) is 4.99. The maximum absolute atomic E-state index is 9.71. The molecule has 1 unspecified atom stereocenters. The van der Waals surface area contributed by atoms with Gasteiger partial charge in [0.25, 0.3) is 0 Å². The molecule has 0 aliphatic heterocycles. The summed E-state index contributed by atoms with van der Waals surface area (Å²) in [6.07, 6.45) is 1.11. The number of halogens is 1. The second-order valence-corrected chi connectivity index (χ2v) is 5.84. The zero-order valence-electron chi connectivity index (χ0n) is 11.4. The lowest BCUT2D eigenvalue weighted by Crippen LogP contribution is -1.88. The molecular weight excluding hydrogens is 316 g/mol. The second kappa shape index (κ2) is 5.08. The molecule has 1 atom stereocenters. The van der Waals surface area contributed by atoms with Crippen LogP contribution in [0.4, 0.5) is 0 Å². The smallest absolute Gasteiger partial charge is 0.134 e. The zero-order valence-corrected chi connectivity index (χ0v) is 12.9. The maximum Gasteiger partial charge on any atom is 0.134 e. The number of aliphatic hydroxyl groups excluding tert-OH is 1. The van der Waals surface area contributed by atoms with Crippen molar-refractivity contribution in [2.24, 2.45) is 0 Å². The first kappa shape index (κ1) is 13.4. The summed E-state index contributed by atoms with van der Waals surface area (Å²) in [7, 11) is 0. The highest BCUT2D eigenvalue weighted by molar-refractivity contribution is 9.10. The fraction of sp³-hybridized carbons (Fsp3) is 0.176. The molecule has 0 aliphatic rings. The van der Waals surface area contributed by atoms with Crippen LogP contribution in [0.5, 0.6) is 0 Å². The number of fused-ring (bicyclic) bond motifs is 1. The third kappa shape index (κ3) is 2.17. The number of hydrogen-bond acceptors (Lipinski definition) is 2. The van der Waals surface area contributed by atoms with Crippen LogP contribution < -0.4 is 0 Å². The number of benzene rings is 2. The van der Waals surface area contributed by atoms with Crippen molar-refractivity contribution in [2.45, 2.75) is 20.0 Å². The average molecular weight is 331 g/mol. The topological polar surface area (TPSA) is 33.4 Å². The molecule has 0 radical (unpaired) electrons. The fourth-order valence-electron chi connectivity index (χ4n) is 2.46. The molecule has 0 saturated carbocycles. The number of aliphatic hydroxyl groups is 1. The highest BCUT2D eigenvalue weighted by atomic mass is 79.9. The first-order valence-corrected chi connectivity index (χ1v) is 7.32. The van der Waals surface area contributed by atoms with Crippen LogP contribution in [-0.4, -0.2) is 5.11 Å². The standard InChI is InChI=1S/C17H15BrO2/c1-10-13(4-3-5-16(10)18)12-6-7-14-15(11(2)19)9-20-17(14)8-12/h3-9,11,19H,1-2H3. The average Bonchev–Trinajstić information content (AvgIpc) is 2.85. The Bertz CT molecular complexity index is 772. The van der Waals surface area contributed by atoms with Gasteiger partial charge in [0.15, 0.2) is 0 Å². The Labute approximate surface area is 126 Å². The van der Waals surface area contributed by atoms with Crippen LogP contribution in [0, 0.1) is 6.92 Å². The molecule has 0 spiro atoms. The molecule has 0 bridgehead atoms. The first-order chi connectivity index (χ1) is 9.58. The van der Waals surface area contributed by atoms with Gasteiger partial charge in [-0.25, -0.2) is 0 Å². The highest BCUT2D eigenvalue weighted by Gasteiger charge is 2.12. The van der Waals surface area contributed by atoms with Crippen LogP contribution in [0.15, 0.2) is 51.6 Å². The van der Waals surface area contributed by atoms with Gasteiger partial charge < -0.3 is 9.52 Å². The van der Waals surface area contributed by atoms with Crippen LogP contribution in [0.2, 0.25) is 0 Å². The lowest BCUT2D eigenvalue weighted by Gasteiger charge is -2.08. The number of rotatable bonds is 2. The molecule has 3 aromatic rings. The number of hydrogen-bond donors (Lipinski definition) is 1. The van der Waals surface area contributed by atoms with Crippen LogP contribution in [0.3, 0.4) is 0 Å². The van der Waals surface area contributed by atoms with Gasteiger partial charge in [-0.1, -0.05) is 40.2 Å². The van der Waals surface area contributed by atoms with Gasteiger partial charge in [0.1, 0.15) is 5.58 Å². The molecule has 0 fully saturated rings. The van der Waals surface area contributed by atoms with E-state index in [1.165, 1.54) is 11.1 Å². The van der Waals surface area contributed by atoms with E-state index < -0.39 is 6.10 Å². The Hall–Kier alpha value is -1.58. The molecule has 0 aliphatic carbocycles. The van der Waals surface area contributed by atoms with Crippen molar-refractivity contribution in [2.75, 3.05) is 0 Å². The van der Waals surface area contributed by atoms with Crippen molar-refractivity contribution in [3.63, 3.8) is 0 Å². The summed E-state index contributed by atoms with van der Waals surface area (Å²) in [5, 5.41) is 10.7. The summed E-state index contributed by atoms with van der Waals surface area (Å²) in [6, 6.07) is 12.3. The molecule has 1 aromatic heterocycles. The van der Waals surface area contributed by atoms with Crippen molar-refractivity contribution >= 4 is 26.9 Å². The molecule has 2 nitrogen and oxygen atoms in total. The van der Waals surface area contributed by atoms with Crippen LogP contribution in [-0.2, 0) is 0 Å². The van der Waals surface area contributed by atoms with E-state index in [4.69, 9.17) is 4.42 Å². The van der Waals surface area contributed by atoms with E-state index in [-0.39, 0.29) is 0 Å². The monoisotopic (exact) mass is 330 g/mol. The van der Waals surface area contributed by atoms with E-state index in [0.29, 0.717) is 0 Å². The lowest BCUT2D eigenvalue weighted by molar-refractivity contribution is 0.199. The van der Waals surface area contributed by atoms with Crippen LogP contribution in [0.25, 0.3) is 22.1 Å². The Kier molecular flexibility index (Phi) is 3.40. The van der Waals surface area contributed by atoms with E-state index in [1.54, 1.807) is 13.2 Å². The van der Waals surface area contributed by atoms with Gasteiger partial charge in [0.05, 0.1) is 12.4 Å². The highest BCUT2D eigenvalue weighted by Crippen LogP contribution is 2.33. The molecular formula is C17H15BrO2. The van der Waals surface area contributed by atoms with E-state index in [1.807, 2.05) is 24.3 Å². The summed E-state index contributed by atoms with van der Waals surface area (Å²) in [4.78, 5) is 0. The van der Waals surface area contributed by atoms with Gasteiger partial charge in [0.2, 0.25) is 0 Å². The SMILES string of the molecule is Cc1c(Br)cccc1-c1ccc2c(C(C)O)coc2c1. The molecule has 3 rings (SSSR count). The Morgan fingerprint density at radius 1 is 1.20 bits per heavy atom. The third-order valence-electron chi connectivity index (χ3n) is 3.63. The van der Waals surface area contributed by atoms with Gasteiger partial charge in [-0.2, -0.15) is 0 Å². The summed E-state index contributed by atoms with van der Waals surface area (Å²) in [6.45, 7) is 3.84. The van der Waals surface area contributed by atoms with E-state index in [2.05, 4.69) is 35.0 Å². The summed E-state index contributed by atoms with van der Waals surface area (Å²) >= 11 is 3.56. The summed E-state index contributed by atoms with van der Waals surface area (Å²) < 4.78 is 6.67. The molecule has 0 amide bonds. The van der Waals surface area contributed by atoms with Gasteiger partial charge in [-0.15, -0.1) is 0 Å². The Morgan fingerprint density at radius 3 is 2.75 bits per heavy atom. The molecule has 102 valence electrons. The normalized spacial score (nSPS) is 12.8. The largest absolute Gasteiger partial charge is 0.464 e. The number of furan rings is 1. The Balaban J connectivity index is 2.17. The van der Waals surface area contributed by atoms with Gasteiger partial charge >= 0.3 is 0 Å². The van der Waals surface area contributed by atoms with Crippen molar-refractivity contribution in [1.29, 1.82) is 0 Å².